The maximum atomic E-state index is 13.4. The largest absolute Gasteiger partial charge is 0.494 e. The normalized spacial score (nSPS) is 16.5. The van der Waals surface area contributed by atoms with Gasteiger partial charge in [-0.3, -0.25) is 9.69 Å². The van der Waals surface area contributed by atoms with Gasteiger partial charge in [0.1, 0.15) is 16.8 Å². The minimum atomic E-state index is -0.213. The summed E-state index contributed by atoms with van der Waals surface area (Å²) in [6.07, 6.45) is 1.93. The smallest absolute Gasteiger partial charge is 0.295 e. The highest BCUT2D eigenvalue weighted by Gasteiger charge is 2.29. The van der Waals surface area contributed by atoms with E-state index in [0.29, 0.717) is 28.8 Å². The number of nitrogens with zero attached hydrogens (tertiary/aromatic N) is 2. The Kier molecular flexibility index (Phi) is 4.69. The number of amides is 1. The summed E-state index contributed by atoms with van der Waals surface area (Å²) in [6, 6.07) is 15.2. The van der Waals surface area contributed by atoms with Crippen molar-refractivity contribution < 1.29 is 18.7 Å². The molecule has 0 bridgehead atoms. The molecule has 1 saturated heterocycles. The number of ether oxygens (including phenoxy) is 2. The quantitative estimate of drug-likeness (QED) is 0.471. The number of thiazole rings is 1. The number of rotatable bonds is 5. The number of furan rings is 1. The number of para-hydroxylation sites is 2. The zero-order valence-electron chi connectivity index (χ0n) is 16.0. The number of methoxy groups -OCH3 is 1. The molecule has 3 heterocycles. The van der Waals surface area contributed by atoms with Crippen LogP contribution in [0.5, 0.6) is 5.75 Å². The molecule has 0 radical (unpaired) electrons. The van der Waals surface area contributed by atoms with Crippen molar-refractivity contribution >= 4 is 43.6 Å². The van der Waals surface area contributed by atoms with Gasteiger partial charge in [-0.2, -0.15) is 0 Å². The molecular formula is C22H20N2O4S. The van der Waals surface area contributed by atoms with Crippen LogP contribution in [-0.4, -0.2) is 37.3 Å². The predicted molar refractivity (Wildman–Crippen MR) is 113 cm³/mol. The van der Waals surface area contributed by atoms with E-state index in [0.717, 1.165) is 35.1 Å². The second-order valence-corrected chi connectivity index (χ2v) is 8.01. The van der Waals surface area contributed by atoms with E-state index >= 15 is 0 Å². The molecule has 1 unspecified atom stereocenters. The molecular weight excluding hydrogens is 388 g/mol. The van der Waals surface area contributed by atoms with Gasteiger partial charge in [-0.15, -0.1) is 0 Å². The van der Waals surface area contributed by atoms with Crippen LogP contribution < -0.4 is 9.64 Å². The number of hydrogen-bond acceptors (Lipinski definition) is 6. The highest BCUT2D eigenvalue weighted by molar-refractivity contribution is 7.22. The molecule has 0 aliphatic carbocycles. The number of aromatic nitrogens is 1. The summed E-state index contributed by atoms with van der Waals surface area (Å²) in [6.45, 7) is 1.17. The highest BCUT2D eigenvalue weighted by Crippen LogP contribution is 2.35. The average Bonchev–Trinajstić information content (AvgIpc) is 3.49. The van der Waals surface area contributed by atoms with Crippen LogP contribution in [0.15, 0.2) is 52.9 Å². The first kappa shape index (κ1) is 18.1. The zero-order valence-corrected chi connectivity index (χ0v) is 16.8. The van der Waals surface area contributed by atoms with E-state index in [9.17, 15) is 4.79 Å². The molecule has 29 heavy (non-hydrogen) atoms. The lowest BCUT2D eigenvalue weighted by Crippen LogP contribution is -2.37. The average molecular weight is 408 g/mol. The van der Waals surface area contributed by atoms with Gasteiger partial charge in [-0.25, -0.2) is 4.98 Å². The van der Waals surface area contributed by atoms with Crippen molar-refractivity contribution in [1.29, 1.82) is 0 Å². The van der Waals surface area contributed by atoms with Gasteiger partial charge < -0.3 is 13.9 Å². The molecule has 6 nitrogen and oxygen atoms in total. The molecule has 2 aromatic carbocycles. The summed E-state index contributed by atoms with van der Waals surface area (Å²) in [7, 11) is 1.62. The Bertz CT molecular complexity index is 1140. The van der Waals surface area contributed by atoms with Crippen LogP contribution in [0, 0.1) is 0 Å². The topological polar surface area (TPSA) is 64.8 Å². The molecule has 4 aromatic rings. The lowest BCUT2D eigenvalue weighted by molar-refractivity contribution is 0.0896. The van der Waals surface area contributed by atoms with Crippen molar-refractivity contribution in [3.05, 3.63) is 54.3 Å². The van der Waals surface area contributed by atoms with Gasteiger partial charge in [0, 0.05) is 12.0 Å². The Balaban J connectivity index is 1.56. The first-order chi connectivity index (χ1) is 14.2. The maximum absolute atomic E-state index is 13.4. The lowest BCUT2D eigenvalue weighted by Gasteiger charge is -2.22. The highest BCUT2D eigenvalue weighted by atomic mass is 32.1. The molecule has 0 saturated carbocycles. The van der Waals surface area contributed by atoms with E-state index in [4.69, 9.17) is 18.9 Å². The first-order valence-electron chi connectivity index (χ1n) is 9.58. The van der Waals surface area contributed by atoms with E-state index < -0.39 is 0 Å². The van der Waals surface area contributed by atoms with Crippen molar-refractivity contribution in [3.8, 4) is 5.75 Å². The molecule has 2 aromatic heterocycles. The Morgan fingerprint density at radius 3 is 2.97 bits per heavy atom. The maximum Gasteiger partial charge on any atom is 0.295 e. The van der Waals surface area contributed by atoms with Gasteiger partial charge in [0.05, 0.1) is 24.5 Å². The minimum Gasteiger partial charge on any atom is -0.494 e. The van der Waals surface area contributed by atoms with Crippen LogP contribution in [0.3, 0.4) is 0 Å². The van der Waals surface area contributed by atoms with Crippen molar-refractivity contribution in [1.82, 2.24) is 4.98 Å². The molecule has 148 valence electrons. The van der Waals surface area contributed by atoms with Crippen LogP contribution in [0.2, 0.25) is 0 Å². The Labute approximate surface area is 171 Å². The predicted octanol–water partition coefficient (Wildman–Crippen LogP) is 4.88. The fraction of sp³-hybridized carbons (Fsp3) is 0.273. The van der Waals surface area contributed by atoms with Gasteiger partial charge in [0.15, 0.2) is 10.9 Å². The van der Waals surface area contributed by atoms with Crippen molar-refractivity contribution in [2.45, 2.75) is 18.9 Å². The summed E-state index contributed by atoms with van der Waals surface area (Å²) in [5.74, 6) is 0.781. The summed E-state index contributed by atoms with van der Waals surface area (Å²) in [5.41, 5.74) is 1.45. The van der Waals surface area contributed by atoms with Gasteiger partial charge in [-0.05, 0) is 37.1 Å². The Morgan fingerprint density at radius 1 is 1.28 bits per heavy atom. The minimum absolute atomic E-state index is 0.00256. The van der Waals surface area contributed by atoms with Gasteiger partial charge in [-0.1, -0.05) is 35.6 Å². The monoisotopic (exact) mass is 408 g/mol. The van der Waals surface area contributed by atoms with Gasteiger partial charge in [0.25, 0.3) is 5.91 Å². The van der Waals surface area contributed by atoms with E-state index in [1.165, 1.54) is 11.3 Å². The third-order valence-electron chi connectivity index (χ3n) is 5.11. The Morgan fingerprint density at radius 2 is 2.17 bits per heavy atom. The van der Waals surface area contributed by atoms with Gasteiger partial charge >= 0.3 is 0 Å². The fourth-order valence-electron chi connectivity index (χ4n) is 3.65. The molecule has 1 amide bonds. The molecule has 0 N–H and O–H groups in total. The second-order valence-electron chi connectivity index (χ2n) is 7.00. The standard InChI is InChI=1S/C22H20N2O4S/c1-26-17-9-4-10-19-20(17)23-22(29-19)24(13-15-7-5-11-27-15)21(25)18-12-14-6-2-3-8-16(14)28-18/h2-4,6,8-10,12,15H,5,7,11,13H2,1H3. The van der Waals surface area contributed by atoms with Crippen molar-refractivity contribution in [2.75, 3.05) is 25.2 Å². The molecule has 7 heteroatoms. The van der Waals surface area contributed by atoms with Crippen LogP contribution in [0.1, 0.15) is 23.4 Å². The number of benzene rings is 2. The van der Waals surface area contributed by atoms with E-state index in [1.54, 1.807) is 18.1 Å². The Hall–Kier alpha value is -2.90. The number of carbonyl (C=O) groups is 1. The van der Waals surface area contributed by atoms with Crippen LogP contribution >= 0.6 is 11.3 Å². The second kappa shape index (κ2) is 7.50. The number of hydrogen-bond donors (Lipinski definition) is 0. The molecule has 5 rings (SSSR count). The van der Waals surface area contributed by atoms with Crippen LogP contribution in [-0.2, 0) is 4.74 Å². The van der Waals surface area contributed by atoms with E-state index in [2.05, 4.69) is 0 Å². The summed E-state index contributed by atoms with van der Waals surface area (Å²) < 4.78 is 18.0. The van der Waals surface area contributed by atoms with Crippen LogP contribution in [0.4, 0.5) is 5.13 Å². The molecule has 0 spiro atoms. The summed E-state index contributed by atoms with van der Waals surface area (Å²) >= 11 is 1.46. The third-order valence-corrected chi connectivity index (χ3v) is 6.16. The van der Waals surface area contributed by atoms with Crippen molar-refractivity contribution in [2.24, 2.45) is 0 Å². The summed E-state index contributed by atoms with van der Waals surface area (Å²) in [4.78, 5) is 19.9. The van der Waals surface area contributed by atoms with Crippen LogP contribution in [0.25, 0.3) is 21.2 Å². The molecule has 1 aliphatic rings. The van der Waals surface area contributed by atoms with Gasteiger partial charge in [0.2, 0.25) is 0 Å². The van der Waals surface area contributed by atoms with Crippen molar-refractivity contribution in [3.63, 3.8) is 0 Å². The molecule has 1 fully saturated rings. The third kappa shape index (κ3) is 3.36. The molecule has 1 atom stereocenters. The van der Waals surface area contributed by atoms with E-state index in [1.807, 2.05) is 42.5 Å². The fourth-order valence-corrected chi connectivity index (χ4v) is 4.64. The number of anilines is 1. The summed E-state index contributed by atoms with van der Waals surface area (Å²) in [5, 5.41) is 1.52. The SMILES string of the molecule is COc1cccc2sc(N(CC3CCCO3)C(=O)c3cc4ccccc4o3)nc12. The number of carbonyl (C=O) groups excluding carboxylic acids is 1. The zero-order chi connectivity index (χ0) is 19.8. The molecule has 1 aliphatic heterocycles. The first-order valence-corrected chi connectivity index (χ1v) is 10.4. The number of fused-ring (bicyclic) bond motifs is 2. The van der Waals surface area contributed by atoms with E-state index in [-0.39, 0.29) is 12.0 Å². The lowest BCUT2D eigenvalue weighted by atomic mass is 10.2.